The summed E-state index contributed by atoms with van der Waals surface area (Å²) in [7, 11) is 0. The third-order valence-corrected chi connectivity index (χ3v) is 5.10. The highest BCUT2D eigenvalue weighted by Gasteiger charge is 2.21. The number of hydrogen-bond donors (Lipinski definition) is 5. The maximum atomic E-state index is 13.0. The molecule has 0 aliphatic carbocycles. The van der Waals surface area contributed by atoms with Gasteiger partial charge >= 0.3 is 12.0 Å². The zero-order valence-corrected chi connectivity index (χ0v) is 22.1. The van der Waals surface area contributed by atoms with Crippen LogP contribution in [0.25, 0.3) is 0 Å². The Hall–Kier alpha value is -4.16. The van der Waals surface area contributed by atoms with Crippen molar-refractivity contribution in [2.24, 2.45) is 11.7 Å². The van der Waals surface area contributed by atoms with E-state index in [1.54, 1.807) is 6.92 Å². The van der Waals surface area contributed by atoms with Crippen molar-refractivity contribution in [3.8, 4) is 0 Å². The third-order valence-electron chi connectivity index (χ3n) is 5.10. The van der Waals surface area contributed by atoms with Gasteiger partial charge in [-0.15, -0.1) is 0 Å². The summed E-state index contributed by atoms with van der Waals surface area (Å²) in [6, 6.07) is 1.06. The number of pyridine rings is 1. The second-order valence-electron chi connectivity index (χ2n) is 8.77. The molecule has 0 aliphatic rings. The average molecular weight is 535 g/mol. The number of amides is 5. The van der Waals surface area contributed by atoms with E-state index in [9.17, 15) is 28.8 Å². The van der Waals surface area contributed by atoms with Gasteiger partial charge in [0.15, 0.2) is 0 Å². The topological polar surface area (TPSA) is 191 Å². The number of esters is 1. The van der Waals surface area contributed by atoms with E-state index >= 15 is 0 Å². The van der Waals surface area contributed by atoms with Crippen molar-refractivity contribution in [1.82, 2.24) is 20.5 Å². The number of ether oxygens (including phenoxy) is 1. The highest BCUT2D eigenvalue weighted by atomic mass is 16.5. The Balaban J connectivity index is 2.90. The van der Waals surface area contributed by atoms with Crippen LogP contribution in [-0.4, -0.2) is 60.0 Å². The smallest absolute Gasteiger partial charge is 0.330 e. The second-order valence-corrected chi connectivity index (χ2v) is 8.77. The first-order valence-electron chi connectivity index (χ1n) is 12.5. The fraction of sp³-hybridized carbons (Fsp3) is 0.520. The Kier molecular flexibility index (Phi) is 14.5. The Morgan fingerprint density at radius 2 is 1.82 bits per heavy atom. The summed E-state index contributed by atoms with van der Waals surface area (Å²) >= 11 is 0. The molecule has 13 nitrogen and oxygen atoms in total. The van der Waals surface area contributed by atoms with Crippen LogP contribution in [0.5, 0.6) is 0 Å². The summed E-state index contributed by atoms with van der Waals surface area (Å²) in [5.41, 5.74) is 4.33. The molecule has 0 aliphatic heterocycles. The van der Waals surface area contributed by atoms with E-state index in [2.05, 4.69) is 21.3 Å². The van der Waals surface area contributed by atoms with Gasteiger partial charge in [-0.25, -0.2) is 9.59 Å². The van der Waals surface area contributed by atoms with Crippen molar-refractivity contribution >= 4 is 35.4 Å². The maximum Gasteiger partial charge on any atom is 0.330 e. The lowest BCUT2D eigenvalue weighted by Crippen LogP contribution is -2.45. The highest BCUT2D eigenvalue weighted by Crippen LogP contribution is 2.06. The molecule has 210 valence electrons. The number of aromatic nitrogens is 1. The standard InChI is InChI=1S/C25H38N6O7/c1-4-38-22(34)10-6-5-8-18(29-20(32)12-14-28-25(26)37)23(35)30-19-9-7-15-31(24(19)36)16-21(33)27-13-11-17(2)3/h6-7,9-10,15,17-18H,4-5,8,11-14,16H2,1-3H3,(H,27,33)(H,29,32)(H,30,35)(H3,26,28,37)/b10-6+/t18-/m0/s1. The predicted molar refractivity (Wildman–Crippen MR) is 141 cm³/mol. The van der Waals surface area contributed by atoms with Gasteiger partial charge in [-0.3, -0.25) is 19.2 Å². The molecule has 0 radical (unpaired) electrons. The number of hydrogen-bond acceptors (Lipinski definition) is 7. The lowest BCUT2D eigenvalue weighted by Gasteiger charge is -2.18. The predicted octanol–water partition coefficient (Wildman–Crippen LogP) is 0.392. The van der Waals surface area contributed by atoms with Crippen LogP contribution in [-0.2, 0) is 30.5 Å². The van der Waals surface area contributed by atoms with Gasteiger partial charge in [-0.1, -0.05) is 19.9 Å². The molecule has 38 heavy (non-hydrogen) atoms. The van der Waals surface area contributed by atoms with E-state index in [4.69, 9.17) is 10.5 Å². The van der Waals surface area contributed by atoms with E-state index in [0.29, 0.717) is 12.5 Å². The molecule has 13 heteroatoms. The number of allylic oxidation sites excluding steroid dienone is 1. The summed E-state index contributed by atoms with van der Waals surface area (Å²) in [4.78, 5) is 72.6. The van der Waals surface area contributed by atoms with E-state index in [1.165, 1.54) is 35.0 Å². The Bertz CT molecular complexity index is 1050. The van der Waals surface area contributed by atoms with Gasteiger partial charge in [-0.2, -0.15) is 0 Å². The number of primary amides is 1. The van der Waals surface area contributed by atoms with Crippen LogP contribution in [0.1, 0.15) is 46.5 Å². The average Bonchev–Trinajstić information content (AvgIpc) is 2.83. The number of nitrogens with two attached hydrogens (primary N) is 1. The van der Waals surface area contributed by atoms with Crippen LogP contribution in [0.4, 0.5) is 10.5 Å². The second kappa shape index (κ2) is 17.3. The normalized spacial score (nSPS) is 11.6. The zero-order chi connectivity index (χ0) is 28.5. The van der Waals surface area contributed by atoms with E-state index in [1.807, 2.05) is 13.8 Å². The van der Waals surface area contributed by atoms with Gasteiger partial charge in [0.2, 0.25) is 17.7 Å². The molecule has 0 unspecified atom stereocenters. The largest absolute Gasteiger partial charge is 0.463 e. The Morgan fingerprint density at radius 3 is 2.47 bits per heavy atom. The molecule has 0 aromatic carbocycles. The molecule has 6 N–H and O–H groups in total. The molecule has 1 atom stereocenters. The van der Waals surface area contributed by atoms with Gasteiger partial charge < -0.3 is 36.3 Å². The van der Waals surface area contributed by atoms with Crippen LogP contribution in [0.3, 0.4) is 0 Å². The van der Waals surface area contributed by atoms with Crippen LogP contribution in [0.15, 0.2) is 35.3 Å². The van der Waals surface area contributed by atoms with Gasteiger partial charge in [0.1, 0.15) is 18.3 Å². The lowest BCUT2D eigenvalue weighted by atomic mass is 10.1. The first-order chi connectivity index (χ1) is 18.0. The fourth-order valence-electron chi connectivity index (χ4n) is 3.15. The maximum absolute atomic E-state index is 13.0. The van der Waals surface area contributed by atoms with E-state index < -0.39 is 35.4 Å². The molecule has 1 aromatic rings. The summed E-state index contributed by atoms with van der Waals surface area (Å²) in [5, 5.41) is 10.1. The highest BCUT2D eigenvalue weighted by molar-refractivity contribution is 5.97. The molecular formula is C25H38N6O7. The van der Waals surface area contributed by atoms with Crippen LogP contribution in [0, 0.1) is 5.92 Å². The number of carbonyl (C=O) groups excluding carboxylic acids is 5. The number of carbonyl (C=O) groups is 5. The summed E-state index contributed by atoms with van der Waals surface area (Å²) in [6.45, 7) is 6.21. The van der Waals surface area contributed by atoms with Gasteiger partial charge in [-0.05, 0) is 44.2 Å². The van der Waals surface area contributed by atoms with Crippen LogP contribution >= 0.6 is 0 Å². The van der Waals surface area contributed by atoms with Crippen molar-refractivity contribution in [1.29, 1.82) is 0 Å². The van der Waals surface area contributed by atoms with Crippen molar-refractivity contribution in [3.05, 3.63) is 40.8 Å². The fourth-order valence-corrected chi connectivity index (χ4v) is 3.15. The molecule has 1 heterocycles. The molecular weight excluding hydrogens is 496 g/mol. The number of rotatable bonds is 16. The SMILES string of the molecule is CCOC(=O)/C=C/CC[C@H](NC(=O)CCNC(N)=O)C(=O)Nc1cccn(CC(=O)NCCC(C)C)c1=O. The van der Waals surface area contributed by atoms with Crippen molar-refractivity contribution in [2.45, 2.75) is 59.0 Å². The Labute approximate surface area is 221 Å². The van der Waals surface area contributed by atoms with Crippen LogP contribution < -0.4 is 32.6 Å². The van der Waals surface area contributed by atoms with Gasteiger partial charge in [0.05, 0.1) is 6.61 Å². The third kappa shape index (κ3) is 13.2. The van der Waals surface area contributed by atoms with Crippen LogP contribution in [0.2, 0.25) is 0 Å². The summed E-state index contributed by atoms with van der Waals surface area (Å²) < 4.78 is 5.97. The number of urea groups is 1. The zero-order valence-electron chi connectivity index (χ0n) is 22.1. The molecule has 1 aromatic heterocycles. The number of nitrogens with zero attached hydrogens (tertiary/aromatic N) is 1. The van der Waals surface area contributed by atoms with E-state index in [-0.39, 0.29) is 50.6 Å². The van der Waals surface area contributed by atoms with Crippen molar-refractivity contribution in [2.75, 3.05) is 25.0 Å². The molecule has 0 spiro atoms. The van der Waals surface area contributed by atoms with E-state index in [0.717, 1.165) is 6.42 Å². The molecule has 5 amide bonds. The minimum atomic E-state index is -1.06. The Morgan fingerprint density at radius 1 is 1.08 bits per heavy atom. The molecule has 0 saturated carbocycles. The summed E-state index contributed by atoms with van der Waals surface area (Å²) in [6.07, 6.45) is 5.19. The molecule has 0 fully saturated rings. The minimum Gasteiger partial charge on any atom is -0.463 e. The minimum absolute atomic E-state index is 0.0269. The monoisotopic (exact) mass is 534 g/mol. The molecule has 0 saturated heterocycles. The van der Waals surface area contributed by atoms with Gasteiger partial charge in [0, 0.05) is 31.8 Å². The first-order valence-corrected chi connectivity index (χ1v) is 12.5. The molecule has 1 rings (SSSR count). The quantitative estimate of drug-likeness (QED) is 0.150. The summed E-state index contributed by atoms with van der Waals surface area (Å²) in [5.74, 6) is -1.64. The number of nitrogens with one attached hydrogen (secondary N) is 4. The van der Waals surface area contributed by atoms with Crippen molar-refractivity contribution in [3.63, 3.8) is 0 Å². The first kappa shape index (κ1) is 31.9. The number of anilines is 1. The molecule has 0 bridgehead atoms. The lowest BCUT2D eigenvalue weighted by molar-refractivity contribution is -0.137. The van der Waals surface area contributed by atoms with Crippen molar-refractivity contribution < 1.29 is 28.7 Å². The van der Waals surface area contributed by atoms with Gasteiger partial charge in [0.25, 0.3) is 5.56 Å².